The molecule has 0 radical (unpaired) electrons. The third kappa shape index (κ3) is 3.54. The van der Waals surface area contributed by atoms with Crippen molar-refractivity contribution in [3.63, 3.8) is 0 Å². The Morgan fingerprint density at radius 1 is 1.12 bits per heavy atom. The molecule has 2 atom stereocenters. The van der Waals surface area contributed by atoms with E-state index in [1.807, 2.05) is 43.3 Å². The molecule has 0 bridgehead atoms. The fraction of sp³-hybridized carbons (Fsp3) is 0.350. The Kier molecular flexibility index (Phi) is 4.56. The van der Waals surface area contributed by atoms with Crippen molar-refractivity contribution in [2.24, 2.45) is 0 Å². The molecule has 0 spiro atoms. The van der Waals surface area contributed by atoms with Crippen LogP contribution in [0.15, 0.2) is 42.5 Å². The lowest BCUT2D eigenvalue weighted by molar-refractivity contribution is 0.171. The Morgan fingerprint density at radius 3 is 2.77 bits per heavy atom. The van der Waals surface area contributed by atoms with Crippen LogP contribution in [-0.4, -0.2) is 31.9 Å². The standard InChI is InChI=1S/C20H22N2O4/c1-13(14-6-7-18-19(11-14)25-9-8-24-18)22-20(23)21-12-16-10-15-4-2-3-5-17(15)26-16/h2-7,11,13,16H,8-10,12H2,1H3,(H2,21,22,23). The van der Waals surface area contributed by atoms with Crippen LogP contribution in [0.3, 0.4) is 0 Å². The zero-order valence-corrected chi connectivity index (χ0v) is 14.7. The molecule has 2 N–H and O–H groups in total. The molecule has 2 amide bonds. The van der Waals surface area contributed by atoms with Gasteiger partial charge in [-0.15, -0.1) is 0 Å². The van der Waals surface area contributed by atoms with Crippen LogP contribution in [0.5, 0.6) is 17.2 Å². The van der Waals surface area contributed by atoms with Gasteiger partial charge in [-0.05, 0) is 36.2 Å². The highest BCUT2D eigenvalue weighted by Crippen LogP contribution is 2.32. The van der Waals surface area contributed by atoms with Crippen LogP contribution < -0.4 is 24.8 Å². The van der Waals surface area contributed by atoms with E-state index >= 15 is 0 Å². The number of amides is 2. The molecule has 2 heterocycles. The Labute approximate surface area is 152 Å². The van der Waals surface area contributed by atoms with Crippen molar-refractivity contribution in [1.29, 1.82) is 0 Å². The second kappa shape index (κ2) is 7.15. The molecule has 26 heavy (non-hydrogen) atoms. The van der Waals surface area contributed by atoms with Gasteiger partial charge < -0.3 is 24.8 Å². The van der Waals surface area contributed by atoms with Gasteiger partial charge in [-0.2, -0.15) is 0 Å². The van der Waals surface area contributed by atoms with Gasteiger partial charge in [-0.25, -0.2) is 4.79 Å². The molecule has 2 aromatic carbocycles. The van der Waals surface area contributed by atoms with E-state index < -0.39 is 0 Å². The first kappa shape index (κ1) is 16.6. The van der Waals surface area contributed by atoms with Crippen molar-refractivity contribution >= 4 is 6.03 Å². The number of carbonyl (C=O) groups excluding carboxylic acids is 1. The topological polar surface area (TPSA) is 68.8 Å². The number of benzene rings is 2. The van der Waals surface area contributed by atoms with Gasteiger partial charge >= 0.3 is 6.03 Å². The molecule has 2 aliphatic rings. The van der Waals surface area contributed by atoms with Crippen LogP contribution >= 0.6 is 0 Å². The summed E-state index contributed by atoms with van der Waals surface area (Å²) in [6, 6.07) is 13.3. The first-order valence-corrected chi connectivity index (χ1v) is 8.87. The maximum absolute atomic E-state index is 12.2. The highest BCUT2D eigenvalue weighted by Gasteiger charge is 2.23. The van der Waals surface area contributed by atoms with Gasteiger partial charge in [0.05, 0.1) is 12.6 Å². The van der Waals surface area contributed by atoms with E-state index in [1.165, 1.54) is 5.56 Å². The van der Waals surface area contributed by atoms with Crippen LogP contribution in [-0.2, 0) is 6.42 Å². The van der Waals surface area contributed by atoms with Crippen molar-refractivity contribution in [1.82, 2.24) is 10.6 Å². The maximum Gasteiger partial charge on any atom is 0.315 e. The fourth-order valence-corrected chi connectivity index (χ4v) is 3.23. The van der Waals surface area contributed by atoms with Crippen molar-refractivity contribution < 1.29 is 19.0 Å². The van der Waals surface area contributed by atoms with Crippen LogP contribution in [0.1, 0.15) is 24.1 Å². The van der Waals surface area contributed by atoms with E-state index in [0.29, 0.717) is 19.8 Å². The average Bonchev–Trinajstić information content (AvgIpc) is 3.09. The summed E-state index contributed by atoms with van der Waals surface area (Å²) in [4.78, 5) is 12.2. The minimum Gasteiger partial charge on any atom is -0.488 e. The van der Waals surface area contributed by atoms with E-state index in [0.717, 1.165) is 29.2 Å². The molecule has 0 aromatic heterocycles. The first-order chi connectivity index (χ1) is 12.7. The molecule has 6 heteroatoms. The average molecular weight is 354 g/mol. The molecule has 4 rings (SSSR count). The number of rotatable bonds is 4. The predicted octanol–water partition coefficient (Wildman–Crippen LogP) is 2.82. The van der Waals surface area contributed by atoms with Crippen molar-refractivity contribution in [3.05, 3.63) is 53.6 Å². The molecule has 0 aliphatic carbocycles. The van der Waals surface area contributed by atoms with Crippen LogP contribution in [0.2, 0.25) is 0 Å². The number of ether oxygens (including phenoxy) is 3. The zero-order valence-electron chi connectivity index (χ0n) is 14.7. The smallest absolute Gasteiger partial charge is 0.315 e. The third-order valence-electron chi connectivity index (χ3n) is 4.62. The lowest BCUT2D eigenvalue weighted by Gasteiger charge is -2.21. The van der Waals surface area contributed by atoms with E-state index in [2.05, 4.69) is 16.7 Å². The van der Waals surface area contributed by atoms with Gasteiger partial charge in [-0.3, -0.25) is 0 Å². The Bertz CT molecular complexity index is 783. The van der Waals surface area contributed by atoms with Crippen LogP contribution in [0, 0.1) is 0 Å². The molecular formula is C20H22N2O4. The minimum atomic E-state index is -0.216. The molecule has 0 fully saturated rings. The normalized spacial score (nSPS) is 18.4. The number of carbonyl (C=O) groups is 1. The summed E-state index contributed by atoms with van der Waals surface area (Å²) in [6.07, 6.45) is 0.788. The van der Waals surface area contributed by atoms with Crippen molar-refractivity contribution in [2.45, 2.75) is 25.5 Å². The summed E-state index contributed by atoms with van der Waals surface area (Å²) in [7, 11) is 0. The molecule has 2 unspecified atom stereocenters. The molecule has 2 aliphatic heterocycles. The maximum atomic E-state index is 12.2. The second-order valence-electron chi connectivity index (χ2n) is 6.53. The largest absolute Gasteiger partial charge is 0.488 e. The predicted molar refractivity (Wildman–Crippen MR) is 96.9 cm³/mol. The SMILES string of the molecule is CC(NC(=O)NCC1Cc2ccccc2O1)c1ccc2c(c1)OCCO2. The summed E-state index contributed by atoms with van der Waals surface area (Å²) in [5.74, 6) is 2.37. The summed E-state index contributed by atoms with van der Waals surface area (Å²) in [6.45, 7) is 3.51. The van der Waals surface area contributed by atoms with Crippen LogP contribution in [0.4, 0.5) is 4.79 Å². The lowest BCUT2D eigenvalue weighted by atomic mass is 10.1. The quantitative estimate of drug-likeness (QED) is 0.886. The van der Waals surface area contributed by atoms with E-state index in [9.17, 15) is 4.79 Å². The fourth-order valence-electron chi connectivity index (χ4n) is 3.23. The van der Waals surface area contributed by atoms with Crippen molar-refractivity contribution in [3.8, 4) is 17.2 Å². The highest BCUT2D eigenvalue weighted by molar-refractivity contribution is 5.74. The number of urea groups is 1. The number of fused-ring (bicyclic) bond motifs is 2. The third-order valence-corrected chi connectivity index (χ3v) is 4.62. The molecule has 2 aromatic rings. The minimum absolute atomic E-state index is 0.0252. The summed E-state index contributed by atoms with van der Waals surface area (Å²) in [5.41, 5.74) is 2.15. The molecule has 0 saturated carbocycles. The van der Waals surface area contributed by atoms with E-state index in [1.54, 1.807) is 0 Å². The summed E-state index contributed by atoms with van der Waals surface area (Å²) in [5, 5.41) is 5.84. The summed E-state index contributed by atoms with van der Waals surface area (Å²) >= 11 is 0. The molecule has 6 nitrogen and oxygen atoms in total. The monoisotopic (exact) mass is 354 g/mol. The Morgan fingerprint density at radius 2 is 1.92 bits per heavy atom. The van der Waals surface area contributed by atoms with Crippen molar-refractivity contribution in [2.75, 3.05) is 19.8 Å². The summed E-state index contributed by atoms with van der Waals surface area (Å²) < 4.78 is 17.0. The Balaban J connectivity index is 1.28. The molecule has 136 valence electrons. The number of nitrogens with one attached hydrogen (secondary N) is 2. The van der Waals surface area contributed by atoms with Crippen LogP contribution in [0.25, 0.3) is 0 Å². The highest BCUT2D eigenvalue weighted by atomic mass is 16.6. The first-order valence-electron chi connectivity index (χ1n) is 8.87. The second-order valence-corrected chi connectivity index (χ2v) is 6.53. The van der Waals surface area contributed by atoms with E-state index in [-0.39, 0.29) is 18.2 Å². The number of hydrogen-bond acceptors (Lipinski definition) is 4. The van der Waals surface area contributed by atoms with Gasteiger partial charge in [0, 0.05) is 6.42 Å². The number of para-hydroxylation sites is 1. The molecular weight excluding hydrogens is 332 g/mol. The van der Waals surface area contributed by atoms with E-state index in [4.69, 9.17) is 14.2 Å². The van der Waals surface area contributed by atoms with Gasteiger partial charge in [0.15, 0.2) is 11.5 Å². The van der Waals surface area contributed by atoms with Gasteiger partial charge in [0.2, 0.25) is 0 Å². The molecule has 0 saturated heterocycles. The Hall–Kier alpha value is -2.89. The lowest BCUT2D eigenvalue weighted by Crippen LogP contribution is -2.41. The zero-order chi connectivity index (χ0) is 17.9. The van der Waals surface area contributed by atoms with Gasteiger partial charge in [0.25, 0.3) is 0 Å². The number of hydrogen-bond donors (Lipinski definition) is 2. The van der Waals surface area contributed by atoms with Gasteiger partial charge in [-0.1, -0.05) is 24.3 Å². The van der Waals surface area contributed by atoms with Gasteiger partial charge in [0.1, 0.15) is 25.1 Å².